The van der Waals surface area contributed by atoms with E-state index in [4.69, 9.17) is 11.6 Å². The van der Waals surface area contributed by atoms with E-state index in [0.717, 1.165) is 17.8 Å². The molecule has 27 heavy (non-hydrogen) atoms. The Labute approximate surface area is 160 Å². The van der Waals surface area contributed by atoms with E-state index >= 15 is 0 Å². The van der Waals surface area contributed by atoms with Crippen LogP contribution in [0, 0.1) is 15.9 Å². The zero-order valence-corrected chi connectivity index (χ0v) is 14.9. The van der Waals surface area contributed by atoms with Crippen molar-refractivity contribution in [3.63, 3.8) is 0 Å². The molecule has 0 radical (unpaired) electrons. The molecule has 0 saturated carbocycles. The van der Waals surface area contributed by atoms with Crippen LogP contribution in [-0.4, -0.2) is 36.8 Å². The summed E-state index contributed by atoms with van der Waals surface area (Å²) < 4.78 is 14.7. The van der Waals surface area contributed by atoms with Crippen LogP contribution in [0.25, 0.3) is 5.69 Å². The number of para-hydroxylation sites is 2. The number of aromatic nitrogens is 4. The van der Waals surface area contributed by atoms with Crippen LogP contribution in [0.5, 0.6) is 0 Å². The summed E-state index contributed by atoms with van der Waals surface area (Å²) in [7, 11) is 0. The summed E-state index contributed by atoms with van der Waals surface area (Å²) in [5, 5.41) is 24.9. The van der Waals surface area contributed by atoms with Gasteiger partial charge in [0.1, 0.15) is 11.5 Å². The van der Waals surface area contributed by atoms with Gasteiger partial charge in [-0.3, -0.25) is 14.9 Å². The number of nitro groups is 1. The zero-order valence-electron chi connectivity index (χ0n) is 13.4. The summed E-state index contributed by atoms with van der Waals surface area (Å²) in [6.45, 7) is 0. The van der Waals surface area contributed by atoms with E-state index in [2.05, 4.69) is 20.8 Å². The molecule has 1 amide bonds. The highest BCUT2D eigenvalue weighted by molar-refractivity contribution is 7.99. The molecule has 12 heteroatoms. The Morgan fingerprint density at radius 2 is 2.11 bits per heavy atom. The van der Waals surface area contributed by atoms with Crippen LogP contribution < -0.4 is 5.32 Å². The van der Waals surface area contributed by atoms with E-state index in [1.54, 1.807) is 6.07 Å². The van der Waals surface area contributed by atoms with Crippen LogP contribution in [0.1, 0.15) is 0 Å². The number of carbonyl (C=O) groups excluding carboxylic acids is 1. The van der Waals surface area contributed by atoms with Crippen molar-refractivity contribution in [2.24, 2.45) is 0 Å². The molecule has 1 heterocycles. The minimum absolute atomic E-state index is 0.0841. The van der Waals surface area contributed by atoms with Crippen LogP contribution in [0.2, 0.25) is 5.02 Å². The lowest BCUT2D eigenvalue weighted by atomic mass is 10.2. The van der Waals surface area contributed by atoms with Crippen molar-refractivity contribution in [2.75, 3.05) is 11.1 Å². The molecule has 9 nitrogen and oxygen atoms in total. The molecular weight excluding hydrogens is 399 g/mol. The topological polar surface area (TPSA) is 116 Å². The number of nitrogens with zero attached hydrogens (tertiary/aromatic N) is 5. The highest BCUT2D eigenvalue weighted by Crippen LogP contribution is 2.26. The summed E-state index contributed by atoms with van der Waals surface area (Å²) >= 11 is 7.01. The predicted octanol–water partition coefficient (Wildman–Crippen LogP) is 3.09. The standard InChI is InChI=1S/C15H10ClFN6O3S/c16-10-6-5-9(17)7-13(10)22-15(19-20-21-22)27-8-14(24)18-11-3-1-2-4-12(11)23(25)26/h1-7H,8H2,(H,18,24). The number of hydrogen-bond acceptors (Lipinski definition) is 7. The number of nitro benzene ring substituents is 1. The minimum atomic E-state index is -0.588. The first-order valence-corrected chi connectivity index (χ1v) is 8.72. The van der Waals surface area contributed by atoms with Gasteiger partial charge < -0.3 is 5.32 Å². The molecule has 0 aliphatic rings. The van der Waals surface area contributed by atoms with Crippen molar-refractivity contribution in [1.82, 2.24) is 20.2 Å². The van der Waals surface area contributed by atoms with Gasteiger partial charge >= 0.3 is 0 Å². The van der Waals surface area contributed by atoms with Crippen molar-refractivity contribution < 1.29 is 14.1 Å². The van der Waals surface area contributed by atoms with Crippen LogP contribution in [0.15, 0.2) is 47.6 Å². The number of thioether (sulfide) groups is 1. The molecular formula is C15H10ClFN6O3S. The molecule has 0 spiro atoms. The third-order valence-corrected chi connectivity index (χ3v) is 4.52. The van der Waals surface area contributed by atoms with Gasteiger partial charge in [0.2, 0.25) is 11.1 Å². The van der Waals surface area contributed by atoms with Gasteiger partial charge in [-0.2, -0.15) is 4.68 Å². The first-order valence-electron chi connectivity index (χ1n) is 7.35. The number of rotatable bonds is 6. The van der Waals surface area contributed by atoms with Crippen LogP contribution in [0.4, 0.5) is 15.8 Å². The van der Waals surface area contributed by atoms with Gasteiger partial charge in [-0.05, 0) is 28.6 Å². The van der Waals surface area contributed by atoms with Crippen LogP contribution in [-0.2, 0) is 4.79 Å². The van der Waals surface area contributed by atoms with Gasteiger partial charge in [0.15, 0.2) is 0 Å². The molecule has 0 fully saturated rings. The molecule has 0 aliphatic carbocycles. The lowest BCUT2D eigenvalue weighted by Gasteiger charge is -2.07. The largest absolute Gasteiger partial charge is 0.320 e. The average molecular weight is 409 g/mol. The maximum atomic E-state index is 13.5. The molecule has 0 unspecified atom stereocenters. The fourth-order valence-corrected chi connectivity index (χ4v) is 3.00. The average Bonchev–Trinajstić information content (AvgIpc) is 3.10. The van der Waals surface area contributed by atoms with Crippen LogP contribution in [0.3, 0.4) is 0 Å². The number of carbonyl (C=O) groups is 1. The Morgan fingerprint density at radius 1 is 1.33 bits per heavy atom. The van der Waals surface area contributed by atoms with Crippen molar-refractivity contribution >= 4 is 40.6 Å². The molecule has 0 aliphatic heterocycles. The second-order valence-electron chi connectivity index (χ2n) is 5.08. The maximum Gasteiger partial charge on any atom is 0.292 e. The van der Waals surface area contributed by atoms with E-state index in [-0.39, 0.29) is 33.0 Å². The van der Waals surface area contributed by atoms with E-state index in [0.29, 0.717) is 0 Å². The number of tetrazole rings is 1. The summed E-state index contributed by atoms with van der Waals surface area (Å²) in [5.41, 5.74) is 0.0939. The van der Waals surface area contributed by atoms with Gasteiger partial charge in [-0.1, -0.05) is 35.5 Å². The summed E-state index contributed by atoms with van der Waals surface area (Å²) in [5.74, 6) is -1.14. The zero-order chi connectivity index (χ0) is 19.4. The SMILES string of the molecule is O=C(CSc1nnnn1-c1cc(F)ccc1Cl)Nc1ccccc1[N+](=O)[O-]. The van der Waals surface area contributed by atoms with E-state index in [1.165, 1.54) is 35.0 Å². The number of hydrogen-bond donors (Lipinski definition) is 1. The Balaban J connectivity index is 1.72. The molecule has 1 N–H and O–H groups in total. The number of anilines is 1. The Hall–Kier alpha value is -3.05. The summed E-state index contributed by atoms with van der Waals surface area (Å²) in [4.78, 5) is 22.5. The molecule has 138 valence electrons. The number of halogens is 2. The monoisotopic (exact) mass is 408 g/mol. The molecule has 0 atom stereocenters. The summed E-state index contributed by atoms with van der Waals surface area (Å²) in [6.07, 6.45) is 0. The van der Waals surface area contributed by atoms with Gasteiger partial charge in [-0.25, -0.2) is 4.39 Å². The smallest absolute Gasteiger partial charge is 0.292 e. The number of amides is 1. The first-order chi connectivity index (χ1) is 13.0. The second-order valence-corrected chi connectivity index (χ2v) is 6.43. The summed E-state index contributed by atoms with van der Waals surface area (Å²) in [6, 6.07) is 9.51. The molecule has 2 aromatic carbocycles. The van der Waals surface area contributed by atoms with Crippen molar-refractivity contribution in [3.05, 3.63) is 63.4 Å². The highest BCUT2D eigenvalue weighted by atomic mass is 35.5. The Bertz CT molecular complexity index is 1010. The third-order valence-electron chi connectivity index (χ3n) is 3.28. The quantitative estimate of drug-likeness (QED) is 0.378. The number of nitrogens with one attached hydrogen (secondary N) is 1. The number of benzene rings is 2. The third kappa shape index (κ3) is 4.38. The van der Waals surface area contributed by atoms with E-state index < -0.39 is 16.6 Å². The highest BCUT2D eigenvalue weighted by Gasteiger charge is 2.17. The van der Waals surface area contributed by atoms with Crippen molar-refractivity contribution in [2.45, 2.75) is 5.16 Å². The Morgan fingerprint density at radius 3 is 2.89 bits per heavy atom. The lowest BCUT2D eigenvalue weighted by molar-refractivity contribution is -0.383. The van der Waals surface area contributed by atoms with Gasteiger partial charge in [0, 0.05) is 12.1 Å². The van der Waals surface area contributed by atoms with Crippen molar-refractivity contribution in [3.8, 4) is 5.69 Å². The Kier molecular flexibility index (Phi) is 5.62. The van der Waals surface area contributed by atoms with E-state index in [1.807, 2.05) is 0 Å². The van der Waals surface area contributed by atoms with Crippen molar-refractivity contribution in [1.29, 1.82) is 0 Å². The maximum absolute atomic E-state index is 13.5. The first kappa shape index (κ1) is 18.7. The predicted molar refractivity (Wildman–Crippen MR) is 96.6 cm³/mol. The fraction of sp³-hybridized carbons (Fsp3) is 0.0667. The second kappa shape index (κ2) is 8.10. The molecule has 0 saturated heterocycles. The van der Waals surface area contributed by atoms with Crippen LogP contribution >= 0.6 is 23.4 Å². The van der Waals surface area contributed by atoms with Gasteiger partial charge in [0.25, 0.3) is 5.69 Å². The molecule has 3 aromatic rings. The van der Waals surface area contributed by atoms with E-state index in [9.17, 15) is 19.3 Å². The minimum Gasteiger partial charge on any atom is -0.320 e. The normalized spacial score (nSPS) is 10.6. The lowest BCUT2D eigenvalue weighted by Crippen LogP contribution is -2.15. The molecule has 3 rings (SSSR count). The van der Waals surface area contributed by atoms with Gasteiger partial charge in [-0.15, -0.1) is 5.10 Å². The van der Waals surface area contributed by atoms with Gasteiger partial charge in [0.05, 0.1) is 21.4 Å². The fourth-order valence-electron chi connectivity index (χ4n) is 2.12. The molecule has 1 aromatic heterocycles. The molecule has 0 bridgehead atoms.